The first-order valence-electron chi connectivity index (χ1n) is 5.17. The Morgan fingerprint density at radius 1 is 1.56 bits per heavy atom. The lowest BCUT2D eigenvalue weighted by Crippen LogP contribution is -2.09. The fourth-order valence-corrected chi connectivity index (χ4v) is 1.51. The molecule has 98 valence electrons. The topological polar surface area (TPSA) is 89.7 Å². The molecule has 1 aromatic rings. The number of carboxylic acid groups (broad SMARTS) is 1. The van der Waals surface area contributed by atoms with E-state index >= 15 is 0 Å². The lowest BCUT2D eigenvalue weighted by molar-refractivity contribution is -0.384. The van der Waals surface area contributed by atoms with E-state index in [2.05, 4.69) is 0 Å². The molecular weight excluding hydrogens is 262 g/mol. The summed E-state index contributed by atoms with van der Waals surface area (Å²) < 4.78 is 5.29. The van der Waals surface area contributed by atoms with Gasteiger partial charge in [-0.25, -0.2) is 4.79 Å². The van der Waals surface area contributed by atoms with Crippen molar-refractivity contribution in [2.24, 2.45) is 5.92 Å². The molecule has 0 unspecified atom stereocenters. The van der Waals surface area contributed by atoms with Crippen molar-refractivity contribution in [1.29, 1.82) is 0 Å². The van der Waals surface area contributed by atoms with Crippen molar-refractivity contribution in [3.8, 4) is 5.75 Å². The first kappa shape index (κ1) is 14.2. The Morgan fingerprint density at radius 2 is 2.17 bits per heavy atom. The number of hydrogen-bond donors (Lipinski definition) is 1. The van der Waals surface area contributed by atoms with E-state index in [0.717, 1.165) is 12.1 Å². The molecule has 1 aromatic carbocycles. The van der Waals surface area contributed by atoms with Crippen LogP contribution in [-0.2, 0) is 0 Å². The summed E-state index contributed by atoms with van der Waals surface area (Å²) in [6.07, 6.45) is 0. The van der Waals surface area contributed by atoms with Gasteiger partial charge in [0.1, 0.15) is 5.56 Å². The number of ether oxygens (including phenoxy) is 1. The van der Waals surface area contributed by atoms with Crippen LogP contribution in [0, 0.1) is 16.0 Å². The first-order valence-corrected chi connectivity index (χ1v) is 5.54. The zero-order chi connectivity index (χ0) is 13.9. The van der Waals surface area contributed by atoms with Crippen molar-refractivity contribution in [3.05, 3.63) is 32.8 Å². The van der Waals surface area contributed by atoms with Crippen molar-refractivity contribution in [3.63, 3.8) is 0 Å². The number of carboxylic acids is 1. The molecule has 0 fully saturated rings. The zero-order valence-corrected chi connectivity index (χ0v) is 10.6. The van der Waals surface area contributed by atoms with Gasteiger partial charge < -0.3 is 9.84 Å². The summed E-state index contributed by atoms with van der Waals surface area (Å²) in [7, 11) is 0. The summed E-state index contributed by atoms with van der Waals surface area (Å²) in [5.74, 6) is -1.18. The Hall–Kier alpha value is -1.82. The van der Waals surface area contributed by atoms with Crippen LogP contribution in [0.1, 0.15) is 24.2 Å². The third-order valence-electron chi connectivity index (χ3n) is 2.03. The van der Waals surface area contributed by atoms with Crippen LogP contribution in [0.2, 0.25) is 5.02 Å². The Kier molecular flexibility index (Phi) is 4.49. The number of halogens is 1. The van der Waals surface area contributed by atoms with E-state index in [-0.39, 0.29) is 34.5 Å². The number of aromatic carboxylic acids is 1. The molecule has 0 spiro atoms. The maximum Gasteiger partial charge on any atom is 0.339 e. The van der Waals surface area contributed by atoms with Gasteiger partial charge in [-0.1, -0.05) is 25.4 Å². The monoisotopic (exact) mass is 273 g/mol. The normalized spacial score (nSPS) is 10.4. The van der Waals surface area contributed by atoms with Gasteiger partial charge in [0.25, 0.3) is 5.69 Å². The number of nitrogens with zero attached hydrogens (tertiary/aromatic N) is 1. The van der Waals surface area contributed by atoms with E-state index in [9.17, 15) is 14.9 Å². The van der Waals surface area contributed by atoms with Gasteiger partial charge in [-0.2, -0.15) is 0 Å². The SMILES string of the molecule is CC(C)COc1c(Cl)cc([N+](=O)[O-])cc1C(=O)O. The maximum absolute atomic E-state index is 11.0. The van der Waals surface area contributed by atoms with E-state index in [1.54, 1.807) is 0 Å². The summed E-state index contributed by atoms with van der Waals surface area (Å²) >= 11 is 5.81. The number of benzene rings is 1. The molecule has 0 bridgehead atoms. The highest BCUT2D eigenvalue weighted by Gasteiger charge is 2.21. The predicted octanol–water partition coefficient (Wildman–Crippen LogP) is 2.98. The standard InChI is InChI=1S/C11H12ClNO5/c1-6(2)5-18-10-8(11(14)15)3-7(13(16)17)4-9(10)12/h3-4,6H,5H2,1-2H3,(H,14,15). The van der Waals surface area contributed by atoms with Crippen molar-refractivity contribution in [2.75, 3.05) is 6.61 Å². The molecule has 0 atom stereocenters. The van der Waals surface area contributed by atoms with Gasteiger partial charge in [-0.15, -0.1) is 0 Å². The largest absolute Gasteiger partial charge is 0.491 e. The number of non-ortho nitro benzene ring substituents is 1. The van der Waals surface area contributed by atoms with E-state index in [4.69, 9.17) is 21.4 Å². The molecule has 1 rings (SSSR count). The highest BCUT2D eigenvalue weighted by molar-refractivity contribution is 6.32. The molecule has 0 heterocycles. The van der Waals surface area contributed by atoms with Gasteiger partial charge in [-0.05, 0) is 5.92 Å². The second-order valence-electron chi connectivity index (χ2n) is 4.07. The van der Waals surface area contributed by atoms with E-state index in [0.29, 0.717) is 0 Å². The van der Waals surface area contributed by atoms with Crippen LogP contribution in [0.25, 0.3) is 0 Å². The molecule has 0 aliphatic carbocycles. The number of nitro groups is 1. The van der Waals surface area contributed by atoms with Crippen LogP contribution in [0.4, 0.5) is 5.69 Å². The van der Waals surface area contributed by atoms with Gasteiger partial charge in [0.2, 0.25) is 0 Å². The number of hydrogen-bond acceptors (Lipinski definition) is 4. The number of rotatable bonds is 5. The molecule has 0 aromatic heterocycles. The maximum atomic E-state index is 11.0. The number of carbonyl (C=O) groups is 1. The number of nitro benzene ring substituents is 1. The second-order valence-corrected chi connectivity index (χ2v) is 4.48. The average molecular weight is 274 g/mol. The van der Waals surface area contributed by atoms with E-state index in [1.807, 2.05) is 13.8 Å². The Balaban J connectivity index is 3.23. The predicted molar refractivity (Wildman–Crippen MR) is 65.4 cm³/mol. The van der Waals surface area contributed by atoms with Crippen LogP contribution >= 0.6 is 11.6 Å². The smallest absolute Gasteiger partial charge is 0.339 e. The van der Waals surface area contributed by atoms with Gasteiger partial charge in [0.05, 0.1) is 16.6 Å². The fourth-order valence-electron chi connectivity index (χ4n) is 1.24. The van der Waals surface area contributed by atoms with Gasteiger partial charge in [0, 0.05) is 12.1 Å². The molecular formula is C11H12ClNO5. The summed E-state index contributed by atoms with van der Waals surface area (Å²) in [5, 5.41) is 19.5. The van der Waals surface area contributed by atoms with Crippen LogP contribution in [0.5, 0.6) is 5.75 Å². The quantitative estimate of drug-likeness (QED) is 0.658. The van der Waals surface area contributed by atoms with Crippen LogP contribution in [0.3, 0.4) is 0 Å². The lowest BCUT2D eigenvalue weighted by Gasteiger charge is -2.12. The third-order valence-corrected chi connectivity index (χ3v) is 2.31. The highest BCUT2D eigenvalue weighted by atomic mass is 35.5. The molecule has 0 amide bonds. The Morgan fingerprint density at radius 3 is 2.61 bits per heavy atom. The van der Waals surface area contributed by atoms with E-state index in [1.165, 1.54) is 0 Å². The van der Waals surface area contributed by atoms with Crippen molar-refractivity contribution >= 4 is 23.3 Å². The van der Waals surface area contributed by atoms with Crippen molar-refractivity contribution < 1.29 is 19.6 Å². The molecule has 0 saturated carbocycles. The first-order chi connectivity index (χ1) is 8.32. The Labute approximate surface area is 108 Å². The summed E-state index contributed by atoms with van der Waals surface area (Å²) in [4.78, 5) is 20.9. The van der Waals surface area contributed by atoms with Crippen LogP contribution in [0.15, 0.2) is 12.1 Å². The fraction of sp³-hybridized carbons (Fsp3) is 0.364. The van der Waals surface area contributed by atoms with E-state index < -0.39 is 10.9 Å². The average Bonchev–Trinajstić information content (AvgIpc) is 2.25. The molecule has 6 nitrogen and oxygen atoms in total. The van der Waals surface area contributed by atoms with Crippen LogP contribution in [-0.4, -0.2) is 22.6 Å². The summed E-state index contributed by atoms with van der Waals surface area (Å²) in [6.45, 7) is 4.05. The Bertz CT molecular complexity index is 487. The summed E-state index contributed by atoms with van der Waals surface area (Å²) in [5.41, 5.74) is -0.691. The molecule has 0 saturated heterocycles. The van der Waals surface area contributed by atoms with Crippen LogP contribution < -0.4 is 4.74 Å². The molecule has 1 N–H and O–H groups in total. The molecule has 7 heteroatoms. The molecule has 0 aliphatic rings. The third kappa shape index (κ3) is 3.33. The van der Waals surface area contributed by atoms with Crippen molar-refractivity contribution in [1.82, 2.24) is 0 Å². The minimum absolute atomic E-state index is 0.0385. The molecule has 18 heavy (non-hydrogen) atoms. The zero-order valence-electron chi connectivity index (χ0n) is 9.84. The second kappa shape index (κ2) is 5.68. The summed E-state index contributed by atoms with van der Waals surface area (Å²) in [6, 6.07) is 2.01. The van der Waals surface area contributed by atoms with Gasteiger partial charge in [-0.3, -0.25) is 10.1 Å². The minimum Gasteiger partial charge on any atom is -0.491 e. The van der Waals surface area contributed by atoms with Gasteiger partial charge in [0.15, 0.2) is 5.75 Å². The molecule has 0 radical (unpaired) electrons. The lowest BCUT2D eigenvalue weighted by atomic mass is 10.1. The van der Waals surface area contributed by atoms with Gasteiger partial charge >= 0.3 is 5.97 Å². The van der Waals surface area contributed by atoms with Crippen molar-refractivity contribution in [2.45, 2.75) is 13.8 Å². The highest BCUT2D eigenvalue weighted by Crippen LogP contribution is 2.33. The minimum atomic E-state index is -1.32. The molecule has 0 aliphatic heterocycles.